The first-order valence-electron chi connectivity index (χ1n) is 6.15. The zero-order chi connectivity index (χ0) is 13.7. The van der Waals surface area contributed by atoms with E-state index in [0.717, 1.165) is 18.5 Å². The number of hydrogen-bond acceptors (Lipinski definition) is 2. The van der Waals surface area contributed by atoms with Crippen LogP contribution in [0, 0.1) is 5.82 Å². The molecule has 2 rings (SSSR count). The summed E-state index contributed by atoms with van der Waals surface area (Å²) in [7, 11) is 1.88. The minimum absolute atomic E-state index is 0.227. The Balaban J connectivity index is 2.10. The van der Waals surface area contributed by atoms with Crippen molar-refractivity contribution in [2.75, 3.05) is 18.5 Å². The van der Waals surface area contributed by atoms with Crippen molar-refractivity contribution in [3.05, 3.63) is 59.7 Å². The molecule has 1 heterocycles. The Morgan fingerprint density at radius 3 is 2.63 bits per heavy atom. The summed E-state index contributed by atoms with van der Waals surface area (Å²) < 4.78 is 13.9. The van der Waals surface area contributed by atoms with Crippen LogP contribution in [0.1, 0.15) is 11.1 Å². The molecule has 0 aliphatic heterocycles. The lowest BCUT2D eigenvalue weighted by Crippen LogP contribution is -2.22. The molecule has 0 N–H and O–H groups in total. The van der Waals surface area contributed by atoms with Gasteiger partial charge >= 0.3 is 0 Å². The van der Waals surface area contributed by atoms with Crippen LogP contribution in [0.25, 0.3) is 0 Å². The number of rotatable bonds is 5. The average molecular weight is 279 g/mol. The van der Waals surface area contributed by atoms with Gasteiger partial charge in [0, 0.05) is 31.9 Å². The summed E-state index contributed by atoms with van der Waals surface area (Å²) >= 11 is 5.86. The molecule has 0 unspecified atom stereocenters. The zero-order valence-electron chi connectivity index (χ0n) is 10.8. The number of aromatic nitrogens is 1. The molecule has 0 saturated carbocycles. The summed E-state index contributed by atoms with van der Waals surface area (Å²) in [4.78, 5) is 5.89. The minimum atomic E-state index is -0.227. The lowest BCUT2D eigenvalue weighted by atomic mass is 10.1. The predicted molar refractivity (Wildman–Crippen MR) is 77.2 cm³/mol. The van der Waals surface area contributed by atoms with E-state index in [1.165, 1.54) is 11.6 Å². The van der Waals surface area contributed by atoms with E-state index in [4.69, 9.17) is 11.6 Å². The summed E-state index contributed by atoms with van der Waals surface area (Å²) in [5, 5.41) is 0. The van der Waals surface area contributed by atoms with Crippen molar-refractivity contribution in [1.29, 1.82) is 0 Å². The fourth-order valence-corrected chi connectivity index (χ4v) is 2.27. The van der Waals surface area contributed by atoms with E-state index in [-0.39, 0.29) is 5.82 Å². The third kappa shape index (κ3) is 3.44. The van der Waals surface area contributed by atoms with Gasteiger partial charge in [-0.25, -0.2) is 4.39 Å². The number of halogens is 2. The molecule has 1 aromatic heterocycles. The molecule has 0 saturated heterocycles. The molecule has 0 bridgehead atoms. The second-order valence-electron chi connectivity index (χ2n) is 4.41. The summed E-state index contributed by atoms with van der Waals surface area (Å²) in [6.07, 6.45) is 4.38. The van der Waals surface area contributed by atoms with Gasteiger partial charge in [-0.05, 0) is 35.7 Å². The lowest BCUT2D eigenvalue weighted by molar-refractivity contribution is 0.620. The van der Waals surface area contributed by atoms with E-state index in [0.29, 0.717) is 11.6 Å². The number of likely N-dealkylation sites (N-methyl/N-ethyl adjacent to an activating group) is 1. The highest BCUT2D eigenvalue weighted by molar-refractivity contribution is 6.17. The van der Waals surface area contributed by atoms with Gasteiger partial charge in [0.25, 0.3) is 0 Å². The number of hydrogen-bond donors (Lipinski definition) is 0. The molecule has 1 aromatic carbocycles. The van der Waals surface area contributed by atoms with Crippen molar-refractivity contribution < 1.29 is 4.39 Å². The summed E-state index contributed by atoms with van der Waals surface area (Å²) in [5.41, 5.74) is 2.59. The van der Waals surface area contributed by atoms with Crippen LogP contribution in [0.15, 0.2) is 42.7 Å². The quantitative estimate of drug-likeness (QED) is 0.777. The first kappa shape index (κ1) is 13.8. The minimum Gasteiger partial charge on any atom is -0.372 e. The third-order valence-corrected chi connectivity index (χ3v) is 3.37. The maximum atomic E-state index is 13.9. The number of benzene rings is 1. The summed E-state index contributed by atoms with van der Waals surface area (Å²) in [5.74, 6) is 0.0857. The van der Waals surface area contributed by atoms with Crippen LogP contribution in [0.5, 0.6) is 0 Å². The van der Waals surface area contributed by atoms with E-state index in [9.17, 15) is 4.39 Å². The molecule has 0 spiro atoms. The predicted octanol–water partition coefficient (Wildman–Crippen LogP) is 3.64. The molecule has 0 aliphatic rings. The van der Waals surface area contributed by atoms with Crippen molar-refractivity contribution in [1.82, 2.24) is 4.98 Å². The Hall–Kier alpha value is -1.61. The van der Waals surface area contributed by atoms with Crippen molar-refractivity contribution in [3.63, 3.8) is 0 Å². The van der Waals surface area contributed by atoms with Gasteiger partial charge in [-0.1, -0.05) is 12.1 Å². The van der Waals surface area contributed by atoms with Crippen molar-refractivity contribution in [3.8, 4) is 0 Å². The van der Waals surface area contributed by atoms with Gasteiger partial charge in [-0.3, -0.25) is 4.98 Å². The van der Waals surface area contributed by atoms with Crippen LogP contribution < -0.4 is 4.90 Å². The molecule has 2 aromatic rings. The van der Waals surface area contributed by atoms with Crippen LogP contribution >= 0.6 is 11.6 Å². The van der Waals surface area contributed by atoms with Gasteiger partial charge in [-0.2, -0.15) is 0 Å². The molecule has 0 amide bonds. The van der Waals surface area contributed by atoms with Crippen molar-refractivity contribution in [2.45, 2.75) is 12.3 Å². The normalized spacial score (nSPS) is 10.5. The van der Waals surface area contributed by atoms with Gasteiger partial charge in [-0.15, -0.1) is 11.6 Å². The molecule has 0 fully saturated rings. The molecule has 0 aliphatic carbocycles. The monoisotopic (exact) mass is 278 g/mol. The van der Waals surface area contributed by atoms with E-state index < -0.39 is 0 Å². The maximum absolute atomic E-state index is 13.9. The molecule has 0 atom stereocenters. The number of nitrogens with zero attached hydrogens (tertiary/aromatic N) is 2. The molecule has 0 radical (unpaired) electrons. The van der Waals surface area contributed by atoms with Gasteiger partial charge < -0.3 is 4.90 Å². The summed E-state index contributed by atoms with van der Waals surface area (Å²) in [6.45, 7) is 0.731. The Kier molecular flexibility index (Phi) is 4.74. The summed E-state index contributed by atoms with van der Waals surface area (Å²) in [6, 6.07) is 8.95. The Morgan fingerprint density at radius 1 is 1.21 bits per heavy atom. The highest BCUT2D eigenvalue weighted by atomic mass is 35.5. The van der Waals surface area contributed by atoms with E-state index in [1.807, 2.05) is 30.1 Å². The second-order valence-corrected chi connectivity index (χ2v) is 4.68. The van der Waals surface area contributed by atoms with Gasteiger partial charge in [0.2, 0.25) is 0 Å². The van der Waals surface area contributed by atoms with Crippen molar-refractivity contribution in [2.24, 2.45) is 0 Å². The fraction of sp³-hybridized carbons (Fsp3) is 0.267. The van der Waals surface area contributed by atoms with Gasteiger partial charge in [0.05, 0.1) is 5.69 Å². The average Bonchev–Trinajstić information content (AvgIpc) is 2.45. The van der Waals surface area contributed by atoms with Gasteiger partial charge in [0.1, 0.15) is 5.82 Å². The standard InChI is InChI=1S/C15H16ClFN2/c1-19(10-7-12-5-8-18-9-6-12)15-13(11-16)3-2-4-14(15)17/h2-6,8-9H,7,10-11H2,1H3. The lowest BCUT2D eigenvalue weighted by Gasteiger charge is -2.22. The molecular formula is C15H16ClFN2. The number of alkyl halides is 1. The Bertz CT molecular complexity index is 531. The van der Waals surface area contributed by atoms with E-state index in [2.05, 4.69) is 4.98 Å². The van der Waals surface area contributed by atoms with E-state index in [1.54, 1.807) is 18.5 Å². The maximum Gasteiger partial charge on any atom is 0.146 e. The number of para-hydroxylation sites is 1. The van der Waals surface area contributed by atoms with Crippen LogP contribution in [-0.4, -0.2) is 18.6 Å². The smallest absolute Gasteiger partial charge is 0.146 e. The number of pyridine rings is 1. The third-order valence-electron chi connectivity index (χ3n) is 3.08. The molecular weight excluding hydrogens is 263 g/mol. The molecule has 4 heteroatoms. The van der Waals surface area contributed by atoms with E-state index >= 15 is 0 Å². The first-order chi connectivity index (χ1) is 9.22. The molecule has 19 heavy (non-hydrogen) atoms. The highest BCUT2D eigenvalue weighted by Crippen LogP contribution is 2.25. The van der Waals surface area contributed by atoms with Crippen LogP contribution in [0.3, 0.4) is 0 Å². The Labute approximate surface area is 117 Å². The SMILES string of the molecule is CN(CCc1ccncc1)c1c(F)cccc1CCl. The molecule has 2 nitrogen and oxygen atoms in total. The largest absolute Gasteiger partial charge is 0.372 e. The zero-order valence-corrected chi connectivity index (χ0v) is 11.6. The second kappa shape index (κ2) is 6.53. The first-order valence-corrected chi connectivity index (χ1v) is 6.69. The molecule has 100 valence electrons. The van der Waals surface area contributed by atoms with Gasteiger partial charge in [0.15, 0.2) is 0 Å². The highest BCUT2D eigenvalue weighted by Gasteiger charge is 2.12. The van der Waals surface area contributed by atoms with Crippen LogP contribution in [0.2, 0.25) is 0 Å². The Morgan fingerprint density at radius 2 is 1.95 bits per heavy atom. The topological polar surface area (TPSA) is 16.1 Å². The van der Waals surface area contributed by atoms with Crippen LogP contribution in [-0.2, 0) is 12.3 Å². The van der Waals surface area contributed by atoms with Crippen LogP contribution in [0.4, 0.5) is 10.1 Å². The fourth-order valence-electron chi connectivity index (χ4n) is 2.05. The number of anilines is 1. The van der Waals surface area contributed by atoms with Crippen molar-refractivity contribution >= 4 is 17.3 Å².